The fourth-order valence-corrected chi connectivity index (χ4v) is 3.57. The SMILES string of the molecule is CN(C)c1ccccc1CN[C@@H](CS(C)(=O)=O)C1CC1. The van der Waals surface area contributed by atoms with Crippen molar-refractivity contribution < 1.29 is 8.42 Å². The van der Waals surface area contributed by atoms with Crippen LogP contribution in [0.1, 0.15) is 18.4 Å². The zero-order valence-corrected chi connectivity index (χ0v) is 13.3. The van der Waals surface area contributed by atoms with Crippen LogP contribution in [0.25, 0.3) is 0 Å². The molecule has 1 aromatic rings. The normalized spacial score (nSPS) is 16.9. The standard InChI is InChI=1S/C15H24N2O2S/c1-17(2)15-7-5-4-6-13(15)10-16-14(12-8-9-12)11-20(3,18)19/h4-7,12,14,16H,8-11H2,1-3H3/t14-/m0/s1. The average Bonchev–Trinajstić information content (AvgIpc) is 3.17. The monoisotopic (exact) mass is 296 g/mol. The van der Waals surface area contributed by atoms with E-state index in [9.17, 15) is 8.42 Å². The van der Waals surface area contributed by atoms with Crippen LogP contribution in [0.15, 0.2) is 24.3 Å². The molecule has 0 heterocycles. The topological polar surface area (TPSA) is 49.4 Å². The second-order valence-electron chi connectivity index (χ2n) is 5.94. The molecule has 1 saturated carbocycles. The van der Waals surface area contributed by atoms with Gasteiger partial charge in [-0.1, -0.05) is 18.2 Å². The lowest BCUT2D eigenvalue weighted by atomic mass is 10.1. The van der Waals surface area contributed by atoms with Crippen molar-refractivity contribution >= 4 is 15.5 Å². The van der Waals surface area contributed by atoms with E-state index in [-0.39, 0.29) is 11.8 Å². The van der Waals surface area contributed by atoms with Crippen LogP contribution in [0, 0.1) is 5.92 Å². The maximum atomic E-state index is 11.5. The third kappa shape index (κ3) is 4.49. The first-order chi connectivity index (χ1) is 9.37. The number of benzene rings is 1. The van der Waals surface area contributed by atoms with Gasteiger partial charge in [0, 0.05) is 38.6 Å². The molecule has 1 aromatic carbocycles. The number of anilines is 1. The van der Waals surface area contributed by atoms with Gasteiger partial charge in [0.2, 0.25) is 0 Å². The molecular formula is C15H24N2O2S. The van der Waals surface area contributed by atoms with Crippen LogP contribution in [0.3, 0.4) is 0 Å². The van der Waals surface area contributed by atoms with Crippen LogP contribution in [0.2, 0.25) is 0 Å². The number of hydrogen-bond donors (Lipinski definition) is 1. The van der Waals surface area contributed by atoms with Gasteiger partial charge in [-0.3, -0.25) is 0 Å². The van der Waals surface area contributed by atoms with Gasteiger partial charge in [0.1, 0.15) is 9.84 Å². The van der Waals surface area contributed by atoms with Crippen LogP contribution in [-0.4, -0.2) is 40.6 Å². The summed E-state index contributed by atoms with van der Waals surface area (Å²) in [6.45, 7) is 0.713. The van der Waals surface area contributed by atoms with Crippen molar-refractivity contribution in [2.45, 2.75) is 25.4 Å². The molecule has 1 atom stereocenters. The molecule has 1 aliphatic rings. The first-order valence-electron chi connectivity index (χ1n) is 7.03. The Kier molecular flexibility index (Phi) is 4.70. The molecule has 0 aliphatic heterocycles. The van der Waals surface area contributed by atoms with E-state index in [2.05, 4.69) is 22.3 Å². The molecular weight excluding hydrogens is 272 g/mol. The van der Waals surface area contributed by atoms with Gasteiger partial charge in [-0.15, -0.1) is 0 Å². The molecule has 1 fully saturated rings. The first kappa shape index (κ1) is 15.3. The van der Waals surface area contributed by atoms with Crippen LogP contribution < -0.4 is 10.2 Å². The maximum Gasteiger partial charge on any atom is 0.148 e. The van der Waals surface area contributed by atoms with Gasteiger partial charge in [0.15, 0.2) is 0 Å². The molecule has 1 N–H and O–H groups in total. The van der Waals surface area contributed by atoms with Gasteiger partial charge in [-0.05, 0) is 30.4 Å². The van der Waals surface area contributed by atoms with Crippen molar-refractivity contribution in [3.05, 3.63) is 29.8 Å². The minimum atomic E-state index is -2.93. The van der Waals surface area contributed by atoms with E-state index in [0.717, 1.165) is 12.8 Å². The summed E-state index contributed by atoms with van der Waals surface area (Å²) in [4.78, 5) is 2.08. The highest BCUT2D eigenvalue weighted by Crippen LogP contribution is 2.33. The van der Waals surface area contributed by atoms with Crippen molar-refractivity contribution in [1.29, 1.82) is 0 Å². The predicted octanol–water partition coefficient (Wildman–Crippen LogP) is 1.67. The fourth-order valence-electron chi connectivity index (χ4n) is 2.52. The molecule has 0 saturated heterocycles. The summed E-state index contributed by atoms with van der Waals surface area (Å²) in [5, 5.41) is 3.44. The molecule has 1 aliphatic carbocycles. The van der Waals surface area contributed by atoms with Gasteiger partial charge in [-0.25, -0.2) is 8.42 Å². The predicted molar refractivity (Wildman–Crippen MR) is 83.8 cm³/mol. The van der Waals surface area contributed by atoms with Gasteiger partial charge >= 0.3 is 0 Å². The van der Waals surface area contributed by atoms with E-state index in [0.29, 0.717) is 12.5 Å². The lowest BCUT2D eigenvalue weighted by molar-refractivity contribution is 0.490. The van der Waals surface area contributed by atoms with E-state index in [4.69, 9.17) is 0 Å². The lowest BCUT2D eigenvalue weighted by Gasteiger charge is -2.21. The second kappa shape index (κ2) is 6.14. The van der Waals surface area contributed by atoms with Crippen LogP contribution >= 0.6 is 0 Å². The smallest absolute Gasteiger partial charge is 0.148 e. The Hall–Kier alpha value is -1.07. The van der Waals surface area contributed by atoms with Crippen LogP contribution in [0.4, 0.5) is 5.69 Å². The number of nitrogens with one attached hydrogen (secondary N) is 1. The number of sulfone groups is 1. The summed E-state index contributed by atoms with van der Waals surface area (Å²) in [7, 11) is 1.11. The number of nitrogens with zero attached hydrogens (tertiary/aromatic N) is 1. The zero-order valence-electron chi connectivity index (χ0n) is 12.5. The van der Waals surface area contributed by atoms with Crippen molar-refractivity contribution in [2.24, 2.45) is 5.92 Å². The molecule has 0 bridgehead atoms. The van der Waals surface area contributed by atoms with E-state index >= 15 is 0 Å². The summed E-state index contributed by atoms with van der Waals surface area (Å²) in [6, 6.07) is 8.30. The molecule has 20 heavy (non-hydrogen) atoms. The van der Waals surface area contributed by atoms with Crippen molar-refractivity contribution in [3.63, 3.8) is 0 Å². The Labute approximate surface area is 122 Å². The zero-order chi connectivity index (χ0) is 14.8. The summed E-state index contributed by atoms with van der Waals surface area (Å²) in [5.41, 5.74) is 2.38. The number of hydrogen-bond acceptors (Lipinski definition) is 4. The third-order valence-electron chi connectivity index (χ3n) is 3.70. The summed E-state index contributed by atoms with van der Waals surface area (Å²) < 4.78 is 23.0. The van der Waals surface area contributed by atoms with Crippen molar-refractivity contribution in [1.82, 2.24) is 5.32 Å². The fraction of sp³-hybridized carbons (Fsp3) is 0.600. The van der Waals surface area contributed by atoms with Gasteiger partial charge in [-0.2, -0.15) is 0 Å². The Bertz CT molecular complexity index is 551. The highest BCUT2D eigenvalue weighted by Gasteiger charge is 2.33. The molecule has 2 rings (SSSR count). The molecule has 5 heteroatoms. The Morgan fingerprint density at radius 3 is 2.50 bits per heavy atom. The largest absolute Gasteiger partial charge is 0.377 e. The summed E-state index contributed by atoms with van der Waals surface area (Å²) in [6.07, 6.45) is 3.60. The third-order valence-corrected chi connectivity index (χ3v) is 4.67. The minimum Gasteiger partial charge on any atom is -0.377 e. The molecule has 0 radical (unpaired) electrons. The summed E-state index contributed by atoms with van der Waals surface area (Å²) >= 11 is 0. The van der Waals surface area contributed by atoms with E-state index in [1.54, 1.807) is 0 Å². The van der Waals surface area contributed by atoms with E-state index < -0.39 is 9.84 Å². The average molecular weight is 296 g/mol. The first-order valence-corrected chi connectivity index (χ1v) is 9.09. The van der Waals surface area contributed by atoms with Crippen molar-refractivity contribution in [2.75, 3.05) is 31.0 Å². The van der Waals surface area contributed by atoms with Crippen molar-refractivity contribution in [3.8, 4) is 0 Å². The van der Waals surface area contributed by atoms with E-state index in [1.165, 1.54) is 17.5 Å². The van der Waals surface area contributed by atoms with Crippen LogP contribution in [-0.2, 0) is 16.4 Å². The summed E-state index contributed by atoms with van der Waals surface area (Å²) in [5.74, 6) is 0.762. The molecule has 0 unspecified atom stereocenters. The van der Waals surface area contributed by atoms with Gasteiger partial charge in [0.25, 0.3) is 0 Å². The van der Waals surface area contributed by atoms with Crippen LogP contribution in [0.5, 0.6) is 0 Å². The minimum absolute atomic E-state index is 0.0835. The Morgan fingerprint density at radius 1 is 1.30 bits per heavy atom. The molecule has 4 nitrogen and oxygen atoms in total. The second-order valence-corrected chi connectivity index (χ2v) is 8.13. The highest BCUT2D eigenvalue weighted by molar-refractivity contribution is 7.90. The molecule has 112 valence electrons. The van der Waals surface area contributed by atoms with Gasteiger partial charge in [0.05, 0.1) is 5.75 Å². The number of rotatable bonds is 7. The Morgan fingerprint density at radius 2 is 1.95 bits per heavy atom. The number of para-hydroxylation sites is 1. The molecule has 0 amide bonds. The van der Waals surface area contributed by atoms with Gasteiger partial charge < -0.3 is 10.2 Å². The lowest BCUT2D eigenvalue weighted by Crippen LogP contribution is -2.37. The highest BCUT2D eigenvalue weighted by atomic mass is 32.2. The molecule has 0 aromatic heterocycles. The quantitative estimate of drug-likeness (QED) is 0.831. The maximum absolute atomic E-state index is 11.5. The molecule has 0 spiro atoms. The Balaban J connectivity index is 2.02. The van der Waals surface area contributed by atoms with E-state index in [1.807, 2.05) is 26.2 Å².